The highest BCUT2D eigenvalue weighted by Crippen LogP contribution is 2.47. The molecule has 0 spiro atoms. The SMILES string of the molecule is O=C(Nc1ccc2ccc3cccc4ccc1c2c34)C(F)(F)C(F)(F)C(F)(F)F. The van der Waals surface area contributed by atoms with Crippen LogP contribution in [0.25, 0.3) is 32.3 Å². The number of anilines is 1. The van der Waals surface area contributed by atoms with Crippen molar-refractivity contribution in [2.75, 3.05) is 5.32 Å². The number of amides is 1. The lowest BCUT2D eigenvalue weighted by molar-refractivity contribution is -0.343. The zero-order valence-corrected chi connectivity index (χ0v) is 14.3. The van der Waals surface area contributed by atoms with Crippen molar-refractivity contribution in [2.24, 2.45) is 0 Å². The molecule has 0 aliphatic rings. The molecule has 0 fully saturated rings. The van der Waals surface area contributed by atoms with E-state index in [1.54, 1.807) is 17.4 Å². The van der Waals surface area contributed by atoms with Crippen LogP contribution in [0.15, 0.2) is 54.6 Å². The number of halogens is 7. The fraction of sp³-hybridized carbons (Fsp3) is 0.150. The summed E-state index contributed by atoms with van der Waals surface area (Å²) in [6.45, 7) is 0. The minimum absolute atomic E-state index is 0.242. The third-order valence-electron chi connectivity index (χ3n) is 4.81. The number of benzene rings is 4. The summed E-state index contributed by atoms with van der Waals surface area (Å²) in [6.07, 6.45) is -6.59. The molecule has 0 saturated heterocycles. The van der Waals surface area contributed by atoms with E-state index in [1.807, 2.05) is 24.3 Å². The maximum absolute atomic E-state index is 13.7. The Kier molecular flexibility index (Phi) is 3.94. The molecule has 0 unspecified atom stereocenters. The molecular weight excluding hydrogens is 403 g/mol. The van der Waals surface area contributed by atoms with E-state index in [1.165, 1.54) is 18.2 Å². The van der Waals surface area contributed by atoms with E-state index < -0.39 is 23.9 Å². The predicted octanol–water partition coefficient (Wildman–Crippen LogP) is 6.36. The first-order valence-corrected chi connectivity index (χ1v) is 8.25. The molecule has 1 N–H and O–H groups in total. The van der Waals surface area contributed by atoms with E-state index >= 15 is 0 Å². The van der Waals surface area contributed by atoms with Crippen molar-refractivity contribution in [1.29, 1.82) is 0 Å². The van der Waals surface area contributed by atoms with Crippen LogP contribution in [-0.2, 0) is 4.79 Å². The summed E-state index contributed by atoms with van der Waals surface area (Å²) in [5, 5.41) is 5.44. The topological polar surface area (TPSA) is 29.1 Å². The quantitative estimate of drug-likeness (QED) is 0.308. The zero-order valence-electron chi connectivity index (χ0n) is 14.3. The van der Waals surface area contributed by atoms with Crippen molar-refractivity contribution < 1.29 is 35.5 Å². The number of carbonyl (C=O) groups excluding carboxylic acids is 1. The summed E-state index contributed by atoms with van der Waals surface area (Å²) in [7, 11) is 0. The van der Waals surface area contributed by atoms with Crippen molar-refractivity contribution in [3.05, 3.63) is 54.6 Å². The minimum Gasteiger partial charge on any atom is -0.320 e. The van der Waals surface area contributed by atoms with Crippen molar-refractivity contribution in [1.82, 2.24) is 0 Å². The van der Waals surface area contributed by atoms with Gasteiger partial charge < -0.3 is 5.32 Å². The monoisotopic (exact) mass is 413 g/mol. The van der Waals surface area contributed by atoms with Gasteiger partial charge in [0.2, 0.25) is 0 Å². The molecule has 0 aliphatic heterocycles. The van der Waals surface area contributed by atoms with Crippen molar-refractivity contribution in [3.63, 3.8) is 0 Å². The summed E-state index contributed by atoms with van der Waals surface area (Å²) >= 11 is 0. The van der Waals surface area contributed by atoms with Crippen LogP contribution < -0.4 is 5.32 Å². The number of rotatable bonds is 3. The van der Waals surface area contributed by atoms with E-state index in [0.29, 0.717) is 10.8 Å². The summed E-state index contributed by atoms with van der Waals surface area (Å²) in [5.41, 5.74) is -0.293. The molecule has 0 aliphatic carbocycles. The summed E-state index contributed by atoms with van der Waals surface area (Å²) in [6, 6.07) is 14.8. The van der Waals surface area contributed by atoms with Crippen molar-refractivity contribution in [2.45, 2.75) is 18.0 Å². The maximum Gasteiger partial charge on any atom is 0.460 e. The van der Waals surface area contributed by atoms with Gasteiger partial charge in [-0.1, -0.05) is 48.5 Å². The van der Waals surface area contributed by atoms with Gasteiger partial charge in [-0.25, -0.2) is 0 Å². The van der Waals surface area contributed by atoms with Crippen LogP contribution in [-0.4, -0.2) is 23.9 Å². The number of hydrogen-bond donors (Lipinski definition) is 1. The first-order valence-electron chi connectivity index (χ1n) is 8.25. The summed E-state index contributed by atoms with van der Waals surface area (Å²) in [4.78, 5) is 11.7. The molecule has 0 bridgehead atoms. The lowest BCUT2D eigenvalue weighted by Crippen LogP contribution is -2.57. The molecule has 4 rings (SSSR count). The van der Waals surface area contributed by atoms with Gasteiger partial charge >= 0.3 is 23.9 Å². The third-order valence-corrected chi connectivity index (χ3v) is 4.81. The molecule has 9 heteroatoms. The lowest BCUT2D eigenvalue weighted by Gasteiger charge is -2.27. The van der Waals surface area contributed by atoms with Gasteiger partial charge in [0.1, 0.15) is 0 Å². The Hall–Kier alpha value is -3.10. The molecule has 2 nitrogen and oxygen atoms in total. The zero-order chi connectivity index (χ0) is 21.2. The second-order valence-corrected chi connectivity index (χ2v) is 6.57. The van der Waals surface area contributed by atoms with Gasteiger partial charge in [-0.3, -0.25) is 4.79 Å². The molecular formula is C20H10F7NO. The highest BCUT2D eigenvalue weighted by atomic mass is 19.4. The van der Waals surface area contributed by atoms with E-state index in [9.17, 15) is 35.5 Å². The second kappa shape index (κ2) is 5.95. The van der Waals surface area contributed by atoms with Gasteiger partial charge in [0.15, 0.2) is 0 Å². The largest absolute Gasteiger partial charge is 0.460 e. The second-order valence-electron chi connectivity index (χ2n) is 6.57. The standard InChI is InChI=1S/C20H10F7NO/c21-18(22,19(23,24)20(25,26)27)17(29)28-14-9-7-12-5-4-10-2-1-3-11-6-8-13(14)16(12)15(10)11/h1-9H,(H,28,29). The van der Waals surface area contributed by atoms with E-state index in [4.69, 9.17) is 0 Å². The fourth-order valence-corrected chi connectivity index (χ4v) is 3.37. The fourth-order valence-electron chi connectivity index (χ4n) is 3.37. The minimum atomic E-state index is -6.59. The molecule has 0 heterocycles. The highest BCUT2D eigenvalue weighted by molar-refractivity contribution is 6.26. The lowest BCUT2D eigenvalue weighted by atomic mass is 9.93. The highest BCUT2D eigenvalue weighted by Gasteiger charge is 2.76. The Morgan fingerprint density at radius 2 is 1.21 bits per heavy atom. The van der Waals surface area contributed by atoms with Crippen LogP contribution in [0.5, 0.6) is 0 Å². The average Bonchev–Trinajstić information content (AvgIpc) is 2.66. The van der Waals surface area contributed by atoms with Gasteiger partial charge in [-0.05, 0) is 33.0 Å². The van der Waals surface area contributed by atoms with Crippen LogP contribution in [0.3, 0.4) is 0 Å². The molecule has 150 valence electrons. The van der Waals surface area contributed by atoms with E-state index in [2.05, 4.69) is 0 Å². The Labute approximate surface area is 158 Å². The number of alkyl halides is 7. The third kappa shape index (κ3) is 2.67. The predicted molar refractivity (Wildman–Crippen MR) is 94.7 cm³/mol. The van der Waals surface area contributed by atoms with Gasteiger partial charge in [0, 0.05) is 11.1 Å². The average molecular weight is 413 g/mol. The molecule has 0 atom stereocenters. The van der Waals surface area contributed by atoms with E-state index in [0.717, 1.165) is 16.2 Å². The Morgan fingerprint density at radius 1 is 0.690 bits per heavy atom. The molecule has 1 amide bonds. The normalized spacial score (nSPS) is 13.5. The van der Waals surface area contributed by atoms with Crippen LogP contribution >= 0.6 is 0 Å². The molecule has 0 saturated carbocycles. The molecule has 0 aromatic heterocycles. The van der Waals surface area contributed by atoms with Gasteiger partial charge in [-0.15, -0.1) is 0 Å². The first kappa shape index (κ1) is 19.2. The first-order chi connectivity index (χ1) is 13.4. The Morgan fingerprint density at radius 3 is 1.79 bits per heavy atom. The maximum atomic E-state index is 13.7. The molecule has 4 aromatic rings. The van der Waals surface area contributed by atoms with Crippen LogP contribution in [0, 0.1) is 0 Å². The van der Waals surface area contributed by atoms with E-state index in [-0.39, 0.29) is 11.1 Å². The van der Waals surface area contributed by atoms with Crippen molar-refractivity contribution in [3.8, 4) is 0 Å². The molecule has 4 aromatic carbocycles. The Bertz CT molecular complexity index is 1230. The van der Waals surface area contributed by atoms with Crippen LogP contribution in [0.4, 0.5) is 36.4 Å². The number of nitrogens with one attached hydrogen (secondary N) is 1. The molecule has 0 radical (unpaired) electrons. The van der Waals surface area contributed by atoms with Gasteiger partial charge in [0.05, 0.1) is 0 Å². The number of hydrogen-bond acceptors (Lipinski definition) is 1. The van der Waals surface area contributed by atoms with Crippen LogP contribution in [0.2, 0.25) is 0 Å². The van der Waals surface area contributed by atoms with Crippen LogP contribution in [0.1, 0.15) is 0 Å². The number of carbonyl (C=O) groups is 1. The van der Waals surface area contributed by atoms with Gasteiger partial charge in [0.25, 0.3) is 0 Å². The summed E-state index contributed by atoms with van der Waals surface area (Å²) in [5.74, 6) is -15.3. The Balaban J connectivity index is 1.84. The summed E-state index contributed by atoms with van der Waals surface area (Å²) < 4.78 is 90.7. The smallest absolute Gasteiger partial charge is 0.320 e. The van der Waals surface area contributed by atoms with Gasteiger partial charge in [-0.2, -0.15) is 30.7 Å². The molecule has 29 heavy (non-hydrogen) atoms. The van der Waals surface area contributed by atoms with Crippen molar-refractivity contribution >= 4 is 43.9 Å².